The molecule has 0 saturated heterocycles. The number of aryl methyl sites for hydroxylation is 1. The highest BCUT2D eigenvalue weighted by Crippen LogP contribution is 2.21. The van der Waals surface area contributed by atoms with Gasteiger partial charge in [0.25, 0.3) is 0 Å². The first-order valence-electron chi connectivity index (χ1n) is 6.32. The molecule has 0 radical (unpaired) electrons. The first-order chi connectivity index (χ1) is 9.24. The minimum atomic E-state index is -0.289. The van der Waals surface area contributed by atoms with E-state index in [1.54, 1.807) is 25.4 Å². The average molecular weight is 263 g/mol. The minimum absolute atomic E-state index is 0.289. The van der Waals surface area contributed by atoms with Crippen molar-refractivity contribution in [3.63, 3.8) is 0 Å². The van der Waals surface area contributed by atoms with Crippen molar-refractivity contribution >= 4 is 5.69 Å². The predicted octanol–water partition coefficient (Wildman–Crippen LogP) is 3.05. The lowest BCUT2D eigenvalue weighted by molar-refractivity contribution is 0.414. The number of nitrogens with one attached hydrogen (secondary N) is 1. The molecule has 0 unspecified atom stereocenters. The topological polar surface area (TPSA) is 39.1 Å². The number of anilines is 1. The fourth-order valence-electron chi connectivity index (χ4n) is 1.88. The number of ether oxygens (including phenoxy) is 1. The van der Waals surface area contributed by atoms with E-state index in [1.807, 2.05) is 10.7 Å². The number of methoxy groups -OCH3 is 1. The highest BCUT2D eigenvalue weighted by atomic mass is 19.1. The number of benzene rings is 1. The normalized spacial score (nSPS) is 10.5. The van der Waals surface area contributed by atoms with Crippen LogP contribution in [0.1, 0.15) is 19.0 Å². The second-order valence-corrected chi connectivity index (χ2v) is 4.25. The van der Waals surface area contributed by atoms with E-state index in [4.69, 9.17) is 4.74 Å². The Bertz CT molecular complexity index is 539. The van der Waals surface area contributed by atoms with Crippen LogP contribution < -0.4 is 10.1 Å². The van der Waals surface area contributed by atoms with E-state index < -0.39 is 0 Å². The second kappa shape index (κ2) is 6.22. The summed E-state index contributed by atoms with van der Waals surface area (Å²) in [4.78, 5) is 0. The van der Waals surface area contributed by atoms with Crippen LogP contribution in [-0.4, -0.2) is 16.9 Å². The zero-order valence-corrected chi connectivity index (χ0v) is 11.2. The number of nitrogens with zero attached hydrogens (tertiary/aromatic N) is 2. The van der Waals surface area contributed by atoms with Crippen LogP contribution in [-0.2, 0) is 13.1 Å². The lowest BCUT2D eigenvalue weighted by Gasteiger charge is -2.10. The molecule has 19 heavy (non-hydrogen) atoms. The number of aromatic nitrogens is 2. The van der Waals surface area contributed by atoms with Crippen LogP contribution in [0.15, 0.2) is 30.5 Å². The van der Waals surface area contributed by atoms with E-state index >= 15 is 0 Å². The SMILES string of the molecule is CCCn1nccc1CNc1cc(OC)ccc1F. The van der Waals surface area contributed by atoms with Crippen molar-refractivity contribution in [1.29, 1.82) is 0 Å². The maximum Gasteiger partial charge on any atom is 0.146 e. The quantitative estimate of drug-likeness (QED) is 0.870. The van der Waals surface area contributed by atoms with Gasteiger partial charge in [-0.3, -0.25) is 4.68 Å². The number of hydrogen-bond acceptors (Lipinski definition) is 3. The highest BCUT2D eigenvalue weighted by Gasteiger charge is 2.06. The van der Waals surface area contributed by atoms with Gasteiger partial charge in [0.2, 0.25) is 0 Å². The molecule has 0 atom stereocenters. The second-order valence-electron chi connectivity index (χ2n) is 4.25. The van der Waals surface area contributed by atoms with Gasteiger partial charge in [0.05, 0.1) is 25.0 Å². The summed E-state index contributed by atoms with van der Waals surface area (Å²) >= 11 is 0. The van der Waals surface area contributed by atoms with Crippen LogP contribution >= 0.6 is 0 Å². The van der Waals surface area contributed by atoms with Crippen LogP contribution in [0.3, 0.4) is 0 Å². The van der Waals surface area contributed by atoms with Crippen molar-refractivity contribution in [2.24, 2.45) is 0 Å². The van der Waals surface area contributed by atoms with E-state index in [0.29, 0.717) is 18.0 Å². The molecule has 2 aromatic rings. The van der Waals surface area contributed by atoms with Crippen LogP contribution in [0.4, 0.5) is 10.1 Å². The molecule has 1 aromatic carbocycles. The number of hydrogen-bond donors (Lipinski definition) is 1. The molecule has 102 valence electrons. The Morgan fingerprint density at radius 3 is 2.95 bits per heavy atom. The van der Waals surface area contributed by atoms with Gasteiger partial charge in [0.15, 0.2) is 0 Å². The van der Waals surface area contributed by atoms with E-state index in [0.717, 1.165) is 18.7 Å². The molecule has 2 rings (SSSR count). The largest absolute Gasteiger partial charge is 0.497 e. The Hall–Kier alpha value is -2.04. The van der Waals surface area contributed by atoms with Gasteiger partial charge >= 0.3 is 0 Å². The maximum atomic E-state index is 13.6. The van der Waals surface area contributed by atoms with Gasteiger partial charge in [-0.05, 0) is 24.6 Å². The third-order valence-electron chi connectivity index (χ3n) is 2.87. The lowest BCUT2D eigenvalue weighted by Crippen LogP contribution is -2.09. The first kappa shape index (κ1) is 13.4. The third kappa shape index (κ3) is 3.24. The summed E-state index contributed by atoms with van der Waals surface area (Å²) < 4.78 is 20.6. The average Bonchev–Trinajstić information content (AvgIpc) is 2.86. The molecule has 0 aliphatic heterocycles. The maximum absolute atomic E-state index is 13.6. The van der Waals surface area contributed by atoms with Gasteiger partial charge in [0.1, 0.15) is 11.6 Å². The predicted molar refractivity (Wildman–Crippen MR) is 72.8 cm³/mol. The third-order valence-corrected chi connectivity index (χ3v) is 2.87. The van der Waals surface area contributed by atoms with E-state index in [-0.39, 0.29) is 5.82 Å². The molecule has 0 fully saturated rings. The summed E-state index contributed by atoms with van der Waals surface area (Å²) in [5, 5.41) is 7.31. The summed E-state index contributed by atoms with van der Waals surface area (Å²) in [6.45, 7) is 3.50. The van der Waals surface area contributed by atoms with Crippen molar-refractivity contribution in [1.82, 2.24) is 9.78 Å². The summed E-state index contributed by atoms with van der Waals surface area (Å²) in [5.41, 5.74) is 1.47. The summed E-state index contributed by atoms with van der Waals surface area (Å²) in [5.74, 6) is 0.341. The molecular formula is C14H18FN3O. The molecule has 5 heteroatoms. The molecule has 0 amide bonds. The smallest absolute Gasteiger partial charge is 0.146 e. The molecule has 1 N–H and O–H groups in total. The Morgan fingerprint density at radius 2 is 2.21 bits per heavy atom. The Kier molecular flexibility index (Phi) is 4.39. The fraction of sp³-hybridized carbons (Fsp3) is 0.357. The van der Waals surface area contributed by atoms with Crippen LogP contribution in [0.5, 0.6) is 5.75 Å². The van der Waals surface area contributed by atoms with Gasteiger partial charge in [-0.2, -0.15) is 5.10 Å². The standard InChI is InChI=1S/C14H18FN3O/c1-3-8-18-11(6-7-17-18)10-16-14-9-12(19-2)4-5-13(14)15/h4-7,9,16H,3,8,10H2,1-2H3. The Labute approximate surface area is 112 Å². The molecule has 4 nitrogen and oxygen atoms in total. The molecule has 0 spiro atoms. The van der Waals surface area contributed by atoms with Crippen molar-refractivity contribution < 1.29 is 9.13 Å². The highest BCUT2D eigenvalue weighted by molar-refractivity contribution is 5.49. The minimum Gasteiger partial charge on any atom is -0.497 e. The van der Waals surface area contributed by atoms with E-state index in [9.17, 15) is 4.39 Å². The number of halogens is 1. The molecule has 0 aliphatic rings. The van der Waals surface area contributed by atoms with Crippen molar-refractivity contribution in [3.8, 4) is 5.75 Å². The van der Waals surface area contributed by atoms with Gasteiger partial charge in [-0.15, -0.1) is 0 Å². The van der Waals surface area contributed by atoms with Crippen molar-refractivity contribution in [2.45, 2.75) is 26.4 Å². The Morgan fingerprint density at radius 1 is 1.37 bits per heavy atom. The molecule has 0 saturated carbocycles. The first-order valence-corrected chi connectivity index (χ1v) is 6.32. The van der Waals surface area contributed by atoms with Gasteiger partial charge < -0.3 is 10.1 Å². The van der Waals surface area contributed by atoms with E-state index in [2.05, 4.69) is 17.3 Å². The van der Waals surface area contributed by atoms with Crippen LogP contribution in [0.25, 0.3) is 0 Å². The summed E-state index contributed by atoms with van der Waals surface area (Å²) in [7, 11) is 1.56. The van der Waals surface area contributed by atoms with Crippen molar-refractivity contribution in [2.75, 3.05) is 12.4 Å². The monoisotopic (exact) mass is 263 g/mol. The molecular weight excluding hydrogens is 245 g/mol. The zero-order valence-electron chi connectivity index (χ0n) is 11.2. The molecule has 0 bridgehead atoms. The Balaban J connectivity index is 2.07. The van der Waals surface area contributed by atoms with Gasteiger partial charge in [-0.1, -0.05) is 6.92 Å². The van der Waals surface area contributed by atoms with Crippen LogP contribution in [0.2, 0.25) is 0 Å². The fourth-order valence-corrected chi connectivity index (χ4v) is 1.88. The van der Waals surface area contributed by atoms with Gasteiger partial charge in [-0.25, -0.2) is 4.39 Å². The van der Waals surface area contributed by atoms with E-state index in [1.165, 1.54) is 6.07 Å². The van der Waals surface area contributed by atoms with Crippen LogP contribution in [0, 0.1) is 5.82 Å². The summed E-state index contributed by atoms with van der Waals surface area (Å²) in [6, 6.07) is 6.57. The van der Waals surface area contributed by atoms with Crippen molar-refractivity contribution in [3.05, 3.63) is 42.0 Å². The number of rotatable bonds is 6. The molecule has 1 aromatic heterocycles. The van der Waals surface area contributed by atoms with Gasteiger partial charge in [0, 0.05) is 18.8 Å². The lowest BCUT2D eigenvalue weighted by atomic mass is 10.2. The molecule has 0 aliphatic carbocycles. The zero-order chi connectivity index (χ0) is 13.7. The summed E-state index contributed by atoms with van der Waals surface area (Å²) in [6.07, 6.45) is 2.77. The molecule has 1 heterocycles.